The molecule has 2 aromatic carbocycles. The molecule has 142 valence electrons. The number of fused-ring (bicyclic) bond motifs is 1. The van der Waals surface area contributed by atoms with Crippen LogP contribution in [0.5, 0.6) is 0 Å². The zero-order valence-electron chi connectivity index (χ0n) is 15.0. The van der Waals surface area contributed by atoms with Gasteiger partial charge in [-0.15, -0.1) is 0 Å². The van der Waals surface area contributed by atoms with Crippen molar-refractivity contribution in [3.63, 3.8) is 0 Å². The van der Waals surface area contributed by atoms with E-state index in [4.69, 9.17) is 0 Å². The average molecular weight is 391 g/mol. The van der Waals surface area contributed by atoms with Gasteiger partial charge in [0.15, 0.2) is 5.78 Å². The number of imidazole rings is 1. The first-order valence-corrected chi connectivity index (χ1v) is 9.47. The highest BCUT2D eigenvalue weighted by Crippen LogP contribution is 2.20. The highest BCUT2D eigenvalue weighted by Gasteiger charge is 2.24. The van der Waals surface area contributed by atoms with Crippen LogP contribution < -0.4 is 5.69 Å². The van der Waals surface area contributed by atoms with Gasteiger partial charge in [-0.3, -0.25) is 13.9 Å². The number of hydrogen-bond acceptors (Lipinski definition) is 4. The Morgan fingerprint density at radius 3 is 2.26 bits per heavy atom. The number of ketones is 1. The summed E-state index contributed by atoms with van der Waals surface area (Å²) >= 11 is 0. The molecule has 0 amide bonds. The number of carbonyl (C=O) groups excluding carboxylic acids is 1. The van der Waals surface area contributed by atoms with Gasteiger partial charge in [0.05, 0.1) is 22.5 Å². The number of aryl methyl sites for hydroxylation is 2. The highest BCUT2D eigenvalue weighted by molar-refractivity contribution is 7.89. The summed E-state index contributed by atoms with van der Waals surface area (Å²) in [5, 5.41) is 0. The number of nitrogens with zero attached hydrogens (tertiary/aromatic N) is 3. The van der Waals surface area contributed by atoms with Crippen molar-refractivity contribution in [3.8, 4) is 0 Å². The molecule has 3 aromatic rings. The van der Waals surface area contributed by atoms with E-state index in [-0.39, 0.29) is 22.7 Å². The van der Waals surface area contributed by atoms with E-state index in [0.717, 1.165) is 16.4 Å². The van der Waals surface area contributed by atoms with E-state index >= 15 is 0 Å². The van der Waals surface area contributed by atoms with Gasteiger partial charge in [-0.2, -0.15) is 4.31 Å². The van der Waals surface area contributed by atoms with Crippen LogP contribution >= 0.6 is 0 Å². The molecular weight excluding hydrogens is 373 g/mol. The second-order valence-corrected chi connectivity index (χ2v) is 8.29. The fourth-order valence-electron chi connectivity index (χ4n) is 2.84. The minimum Gasteiger partial charge on any atom is -0.295 e. The van der Waals surface area contributed by atoms with E-state index < -0.39 is 21.6 Å². The lowest BCUT2D eigenvalue weighted by Crippen LogP contribution is -2.32. The third-order valence-corrected chi connectivity index (χ3v) is 6.28. The molecule has 3 rings (SSSR count). The van der Waals surface area contributed by atoms with Crippen LogP contribution in [0, 0.1) is 5.82 Å². The Bertz CT molecular complexity index is 1190. The normalized spacial score (nSPS) is 12.0. The van der Waals surface area contributed by atoms with Crippen LogP contribution in [0.3, 0.4) is 0 Å². The van der Waals surface area contributed by atoms with Gasteiger partial charge in [-0.1, -0.05) is 0 Å². The van der Waals surface area contributed by atoms with E-state index in [1.165, 1.54) is 40.4 Å². The summed E-state index contributed by atoms with van der Waals surface area (Å²) in [6.07, 6.45) is 0. The summed E-state index contributed by atoms with van der Waals surface area (Å²) in [4.78, 5) is 24.3. The Hall–Kier alpha value is -2.78. The summed E-state index contributed by atoms with van der Waals surface area (Å²) in [6.45, 7) is -0.389. The lowest BCUT2D eigenvalue weighted by Gasteiger charge is -2.16. The van der Waals surface area contributed by atoms with Crippen molar-refractivity contribution in [2.75, 3.05) is 13.6 Å². The Labute approximate surface area is 155 Å². The molecule has 27 heavy (non-hydrogen) atoms. The van der Waals surface area contributed by atoms with E-state index in [9.17, 15) is 22.4 Å². The van der Waals surface area contributed by atoms with E-state index in [2.05, 4.69) is 0 Å². The van der Waals surface area contributed by atoms with E-state index in [1.54, 1.807) is 20.2 Å². The Morgan fingerprint density at radius 2 is 1.63 bits per heavy atom. The van der Waals surface area contributed by atoms with Gasteiger partial charge in [0.2, 0.25) is 10.0 Å². The lowest BCUT2D eigenvalue weighted by atomic mass is 10.1. The molecule has 0 atom stereocenters. The first-order valence-electron chi connectivity index (χ1n) is 8.03. The minimum absolute atomic E-state index is 0.0226. The Kier molecular flexibility index (Phi) is 4.75. The van der Waals surface area contributed by atoms with Crippen molar-refractivity contribution in [2.24, 2.45) is 14.1 Å². The van der Waals surface area contributed by atoms with Crippen molar-refractivity contribution in [3.05, 3.63) is 64.3 Å². The number of hydrogen-bond donors (Lipinski definition) is 0. The largest absolute Gasteiger partial charge is 0.328 e. The molecular formula is C18H18FN3O4S. The molecule has 9 heteroatoms. The molecule has 0 saturated heterocycles. The van der Waals surface area contributed by atoms with Crippen LogP contribution in [0.25, 0.3) is 11.0 Å². The molecule has 1 heterocycles. The minimum atomic E-state index is -3.95. The Balaban J connectivity index is 1.92. The number of Topliss-reactive ketones (excluding diaryl/α,β-unsaturated/α-hetero) is 1. The van der Waals surface area contributed by atoms with Crippen molar-refractivity contribution in [2.45, 2.75) is 4.90 Å². The first kappa shape index (κ1) is 19.0. The predicted molar refractivity (Wildman–Crippen MR) is 98.7 cm³/mol. The molecule has 0 bridgehead atoms. The third kappa shape index (κ3) is 3.31. The lowest BCUT2D eigenvalue weighted by molar-refractivity contribution is 0.0973. The zero-order chi connectivity index (χ0) is 19.9. The summed E-state index contributed by atoms with van der Waals surface area (Å²) in [5.41, 5.74) is 1.03. The molecule has 0 spiro atoms. The number of sulfonamides is 1. The molecule has 0 unspecified atom stereocenters. The SMILES string of the molecule is CN(CC(=O)c1ccc(F)cc1)S(=O)(=O)c1ccc2c(c1)n(C)c(=O)n2C. The first-order chi connectivity index (χ1) is 12.6. The molecule has 0 aliphatic rings. The zero-order valence-corrected chi connectivity index (χ0v) is 15.8. The fourth-order valence-corrected chi connectivity index (χ4v) is 3.99. The molecule has 0 fully saturated rings. The van der Waals surface area contributed by atoms with Crippen LogP contribution in [0.2, 0.25) is 0 Å². The molecule has 0 saturated carbocycles. The van der Waals surface area contributed by atoms with Crippen molar-refractivity contribution < 1.29 is 17.6 Å². The number of likely N-dealkylation sites (N-methyl/N-ethyl adjacent to an activating group) is 1. The van der Waals surface area contributed by atoms with Gasteiger partial charge in [-0.25, -0.2) is 17.6 Å². The van der Waals surface area contributed by atoms with Gasteiger partial charge >= 0.3 is 5.69 Å². The topological polar surface area (TPSA) is 81.4 Å². The predicted octanol–water partition coefficient (Wildman–Crippen LogP) is 1.52. The molecule has 0 N–H and O–H groups in total. The molecule has 0 aliphatic carbocycles. The van der Waals surface area contributed by atoms with Crippen LogP contribution in [0.1, 0.15) is 10.4 Å². The standard InChI is InChI=1S/C18H18FN3O4S/c1-20(11-17(23)12-4-6-13(19)7-5-12)27(25,26)14-8-9-15-16(10-14)22(3)18(24)21(15)2/h4-10H,11H2,1-3H3. The number of carbonyl (C=O) groups is 1. The summed E-state index contributed by atoms with van der Waals surface area (Å²) in [6, 6.07) is 9.27. The highest BCUT2D eigenvalue weighted by atomic mass is 32.2. The number of rotatable bonds is 5. The maximum Gasteiger partial charge on any atom is 0.328 e. The average Bonchev–Trinajstić information content (AvgIpc) is 2.86. The smallest absolute Gasteiger partial charge is 0.295 e. The van der Waals surface area contributed by atoms with Crippen LogP contribution in [-0.2, 0) is 24.1 Å². The number of aromatic nitrogens is 2. The van der Waals surface area contributed by atoms with Crippen molar-refractivity contribution >= 4 is 26.8 Å². The quantitative estimate of drug-likeness (QED) is 0.618. The number of halogens is 1. The van der Waals surface area contributed by atoms with E-state index in [1.807, 2.05) is 0 Å². The van der Waals surface area contributed by atoms with Crippen molar-refractivity contribution in [1.29, 1.82) is 0 Å². The fraction of sp³-hybridized carbons (Fsp3) is 0.222. The summed E-state index contributed by atoms with van der Waals surface area (Å²) in [7, 11) is 0.510. The van der Waals surface area contributed by atoms with Gasteiger partial charge in [0, 0.05) is 26.7 Å². The van der Waals surface area contributed by atoms with E-state index in [0.29, 0.717) is 11.0 Å². The summed E-state index contributed by atoms with van der Waals surface area (Å²) in [5.74, 6) is -0.927. The van der Waals surface area contributed by atoms with Crippen LogP contribution in [-0.4, -0.2) is 41.2 Å². The molecule has 0 aliphatic heterocycles. The second-order valence-electron chi connectivity index (χ2n) is 6.24. The molecule has 0 radical (unpaired) electrons. The van der Waals surface area contributed by atoms with Crippen molar-refractivity contribution in [1.82, 2.24) is 13.4 Å². The van der Waals surface area contributed by atoms with Crippen LogP contribution in [0.4, 0.5) is 4.39 Å². The Morgan fingerprint density at radius 1 is 1.04 bits per heavy atom. The second kappa shape index (κ2) is 6.75. The maximum atomic E-state index is 13.0. The van der Waals surface area contributed by atoms with Gasteiger partial charge < -0.3 is 0 Å². The van der Waals surface area contributed by atoms with Crippen LogP contribution in [0.15, 0.2) is 52.2 Å². The maximum absolute atomic E-state index is 13.0. The number of benzene rings is 2. The molecule has 7 nitrogen and oxygen atoms in total. The van der Waals surface area contributed by atoms with Gasteiger partial charge in [-0.05, 0) is 42.5 Å². The monoisotopic (exact) mass is 391 g/mol. The van der Waals surface area contributed by atoms with Gasteiger partial charge in [0.25, 0.3) is 0 Å². The van der Waals surface area contributed by atoms with Gasteiger partial charge in [0.1, 0.15) is 5.82 Å². The third-order valence-electron chi connectivity index (χ3n) is 4.48. The molecule has 1 aromatic heterocycles. The summed E-state index contributed by atoms with van der Waals surface area (Å²) < 4.78 is 42.3.